The summed E-state index contributed by atoms with van der Waals surface area (Å²) in [4.78, 5) is 0. The number of hydrogen-bond donors (Lipinski definition) is 3. The summed E-state index contributed by atoms with van der Waals surface area (Å²) in [6.45, 7) is 1.36. The molecule has 0 amide bonds. The SMILES string of the molecule is O=S(=O)(NCCC1CNc2ccccc21)NC1CC1. The van der Waals surface area contributed by atoms with E-state index in [0.717, 1.165) is 25.8 Å². The second-order valence-electron chi connectivity index (χ2n) is 5.24. The van der Waals surface area contributed by atoms with Crippen LogP contribution >= 0.6 is 0 Å². The first-order valence-corrected chi connectivity index (χ1v) is 8.22. The molecule has 3 rings (SSSR count). The van der Waals surface area contributed by atoms with E-state index in [9.17, 15) is 8.42 Å². The van der Waals surface area contributed by atoms with Crippen LogP contribution in [0, 0.1) is 0 Å². The van der Waals surface area contributed by atoms with Crippen molar-refractivity contribution in [2.24, 2.45) is 0 Å². The summed E-state index contributed by atoms with van der Waals surface area (Å²) in [7, 11) is -3.31. The van der Waals surface area contributed by atoms with Gasteiger partial charge in [-0.2, -0.15) is 13.1 Å². The fourth-order valence-electron chi connectivity index (χ4n) is 2.44. The lowest BCUT2D eigenvalue weighted by atomic mass is 9.98. The van der Waals surface area contributed by atoms with Crippen LogP contribution < -0.4 is 14.8 Å². The third-order valence-corrected chi connectivity index (χ3v) is 4.85. The van der Waals surface area contributed by atoms with Crippen LogP contribution in [0.1, 0.15) is 30.7 Å². The highest BCUT2D eigenvalue weighted by Gasteiger charge is 2.27. The Morgan fingerprint density at radius 2 is 2.05 bits per heavy atom. The highest BCUT2D eigenvalue weighted by Crippen LogP contribution is 2.32. The van der Waals surface area contributed by atoms with Crippen molar-refractivity contribution in [1.82, 2.24) is 9.44 Å². The summed E-state index contributed by atoms with van der Waals surface area (Å²) in [5, 5.41) is 3.35. The molecule has 2 aliphatic rings. The molecular weight excluding hydrogens is 262 g/mol. The smallest absolute Gasteiger partial charge is 0.277 e. The van der Waals surface area contributed by atoms with E-state index in [4.69, 9.17) is 0 Å². The predicted octanol–water partition coefficient (Wildman–Crippen LogP) is 1.17. The lowest BCUT2D eigenvalue weighted by Gasteiger charge is -2.11. The molecule has 1 aliphatic carbocycles. The van der Waals surface area contributed by atoms with Crippen LogP contribution in [0.25, 0.3) is 0 Å². The zero-order valence-electron chi connectivity index (χ0n) is 10.7. The van der Waals surface area contributed by atoms with Crippen molar-refractivity contribution >= 4 is 15.9 Å². The molecule has 1 aromatic rings. The van der Waals surface area contributed by atoms with E-state index in [1.165, 1.54) is 11.3 Å². The van der Waals surface area contributed by atoms with E-state index in [1.807, 2.05) is 12.1 Å². The average molecular weight is 281 g/mol. The van der Waals surface area contributed by atoms with Crippen molar-refractivity contribution < 1.29 is 8.42 Å². The standard InChI is InChI=1S/C13H19N3O2S/c17-19(18,16-11-5-6-11)15-8-7-10-9-14-13-4-2-1-3-12(10)13/h1-4,10-11,14-16H,5-9H2. The Morgan fingerprint density at radius 1 is 1.26 bits per heavy atom. The lowest BCUT2D eigenvalue weighted by Crippen LogP contribution is -2.38. The van der Waals surface area contributed by atoms with Gasteiger partial charge in [0.2, 0.25) is 0 Å². The first kappa shape index (κ1) is 12.9. The van der Waals surface area contributed by atoms with E-state index in [2.05, 4.69) is 26.9 Å². The zero-order valence-corrected chi connectivity index (χ0v) is 11.5. The minimum atomic E-state index is -3.31. The summed E-state index contributed by atoms with van der Waals surface area (Å²) in [6.07, 6.45) is 2.73. The monoisotopic (exact) mass is 281 g/mol. The maximum Gasteiger partial charge on any atom is 0.277 e. The molecule has 1 aromatic carbocycles. The van der Waals surface area contributed by atoms with Gasteiger partial charge in [-0.25, -0.2) is 4.72 Å². The molecule has 0 spiro atoms. The quantitative estimate of drug-likeness (QED) is 0.733. The molecule has 1 atom stereocenters. The van der Waals surface area contributed by atoms with Crippen molar-refractivity contribution in [2.75, 3.05) is 18.4 Å². The molecule has 0 saturated heterocycles. The molecule has 0 bridgehead atoms. The Kier molecular flexibility index (Phi) is 3.47. The largest absolute Gasteiger partial charge is 0.384 e. The maximum absolute atomic E-state index is 11.7. The van der Waals surface area contributed by atoms with Crippen LogP contribution in [0.4, 0.5) is 5.69 Å². The number of nitrogens with one attached hydrogen (secondary N) is 3. The van der Waals surface area contributed by atoms with Gasteiger partial charge in [0.25, 0.3) is 10.2 Å². The van der Waals surface area contributed by atoms with Gasteiger partial charge in [0, 0.05) is 30.7 Å². The highest BCUT2D eigenvalue weighted by molar-refractivity contribution is 7.87. The van der Waals surface area contributed by atoms with E-state index < -0.39 is 10.2 Å². The molecule has 5 nitrogen and oxygen atoms in total. The number of fused-ring (bicyclic) bond motifs is 1. The zero-order chi connectivity index (χ0) is 13.3. The summed E-state index contributed by atoms with van der Waals surface area (Å²) in [5.74, 6) is 0.389. The number of rotatable bonds is 6. The molecule has 1 saturated carbocycles. The van der Waals surface area contributed by atoms with Gasteiger partial charge in [-0.05, 0) is 30.9 Å². The molecule has 1 aliphatic heterocycles. The van der Waals surface area contributed by atoms with Gasteiger partial charge in [-0.1, -0.05) is 18.2 Å². The first-order chi connectivity index (χ1) is 9.14. The maximum atomic E-state index is 11.7. The fourth-order valence-corrected chi connectivity index (χ4v) is 3.59. The minimum Gasteiger partial charge on any atom is -0.384 e. The van der Waals surface area contributed by atoms with Gasteiger partial charge in [-0.3, -0.25) is 0 Å². The third-order valence-electron chi connectivity index (χ3n) is 3.62. The van der Waals surface area contributed by atoms with Crippen molar-refractivity contribution in [3.05, 3.63) is 29.8 Å². The summed E-state index contributed by atoms with van der Waals surface area (Å²) in [5.41, 5.74) is 2.46. The molecule has 0 radical (unpaired) electrons. The number of hydrogen-bond acceptors (Lipinski definition) is 3. The van der Waals surface area contributed by atoms with E-state index in [1.54, 1.807) is 0 Å². The summed E-state index contributed by atoms with van der Waals surface area (Å²) < 4.78 is 28.6. The van der Waals surface area contributed by atoms with Crippen molar-refractivity contribution in [2.45, 2.75) is 31.2 Å². The van der Waals surface area contributed by atoms with Crippen LogP contribution in [0.3, 0.4) is 0 Å². The molecule has 1 unspecified atom stereocenters. The Morgan fingerprint density at radius 3 is 2.84 bits per heavy atom. The van der Waals surface area contributed by atoms with Crippen LogP contribution in [0.2, 0.25) is 0 Å². The lowest BCUT2D eigenvalue weighted by molar-refractivity contribution is 0.557. The van der Waals surface area contributed by atoms with E-state index in [-0.39, 0.29) is 6.04 Å². The molecule has 1 fully saturated rings. The van der Waals surface area contributed by atoms with Crippen LogP contribution in [0.15, 0.2) is 24.3 Å². The third kappa shape index (κ3) is 3.26. The van der Waals surface area contributed by atoms with Gasteiger partial charge in [0.05, 0.1) is 0 Å². The number of anilines is 1. The predicted molar refractivity (Wildman–Crippen MR) is 75.4 cm³/mol. The second-order valence-corrected chi connectivity index (χ2v) is 6.77. The molecular formula is C13H19N3O2S. The summed E-state index contributed by atoms with van der Waals surface area (Å²) in [6, 6.07) is 8.37. The number of benzene rings is 1. The molecule has 6 heteroatoms. The highest BCUT2D eigenvalue weighted by atomic mass is 32.2. The average Bonchev–Trinajstić information content (AvgIpc) is 3.07. The number of para-hydroxylation sites is 1. The van der Waals surface area contributed by atoms with Gasteiger partial charge in [0.15, 0.2) is 0 Å². The van der Waals surface area contributed by atoms with Gasteiger partial charge in [0.1, 0.15) is 0 Å². The molecule has 19 heavy (non-hydrogen) atoms. The van der Waals surface area contributed by atoms with Crippen molar-refractivity contribution in [3.63, 3.8) is 0 Å². The topological polar surface area (TPSA) is 70.2 Å². The first-order valence-electron chi connectivity index (χ1n) is 6.74. The van der Waals surface area contributed by atoms with Crippen LogP contribution in [-0.4, -0.2) is 27.5 Å². The van der Waals surface area contributed by atoms with Gasteiger partial charge < -0.3 is 5.32 Å². The Balaban J connectivity index is 1.51. The van der Waals surface area contributed by atoms with Crippen LogP contribution in [-0.2, 0) is 10.2 Å². The molecule has 3 N–H and O–H groups in total. The second kappa shape index (κ2) is 5.11. The Hall–Kier alpha value is -1.11. The summed E-state index contributed by atoms with van der Waals surface area (Å²) >= 11 is 0. The minimum absolute atomic E-state index is 0.159. The molecule has 104 valence electrons. The van der Waals surface area contributed by atoms with Gasteiger partial charge >= 0.3 is 0 Å². The van der Waals surface area contributed by atoms with E-state index in [0.29, 0.717) is 12.5 Å². The van der Waals surface area contributed by atoms with Crippen LogP contribution in [0.5, 0.6) is 0 Å². The molecule has 0 aromatic heterocycles. The Bertz CT molecular complexity index is 555. The van der Waals surface area contributed by atoms with Gasteiger partial charge in [-0.15, -0.1) is 0 Å². The van der Waals surface area contributed by atoms with Crippen molar-refractivity contribution in [3.8, 4) is 0 Å². The molecule has 1 heterocycles. The normalized spacial score (nSPS) is 22.0. The van der Waals surface area contributed by atoms with Crippen molar-refractivity contribution in [1.29, 1.82) is 0 Å². The fraction of sp³-hybridized carbons (Fsp3) is 0.538. The van der Waals surface area contributed by atoms with E-state index >= 15 is 0 Å². The Labute approximate surface area is 114 Å².